The number of hydrogen-bond acceptors (Lipinski definition) is 6. The summed E-state index contributed by atoms with van der Waals surface area (Å²) < 4.78 is 23.5. The smallest absolute Gasteiger partial charge is 0.316 e. The molecule has 2 heterocycles. The van der Waals surface area contributed by atoms with Crippen LogP contribution in [-0.2, 0) is 4.79 Å². The molecule has 0 radical (unpaired) electrons. The van der Waals surface area contributed by atoms with E-state index in [1.54, 1.807) is 29.2 Å². The molecule has 1 amide bonds. The molecule has 1 aliphatic rings. The lowest BCUT2D eigenvalue weighted by Crippen LogP contribution is -2.44. The van der Waals surface area contributed by atoms with E-state index in [1.807, 2.05) is 0 Å². The summed E-state index contributed by atoms with van der Waals surface area (Å²) in [4.78, 5) is 32.9. The van der Waals surface area contributed by atoms with Gasteiger partial charge >= 0.3 is 12.0 Å². The normalized spacial score (nSPS) is 16.8. The minimum Gasteiger partial charge on any atom is -0.458 e. The monoisotopic (exact) mass is 359 g/mol. The Morgan fingerprint density at radius 1 is 1.19 bits per heavy atom. The average Bonchev–Trinajstić information content (AvgIpc) is 2.63. The number of carbonyl (C=O) groups is 2. The molecule has 0 saturated carbocycles. The van der Waals surface area contributed by atoms with Crippen LogP contribution in [0.3, 0.4) is 0 Å². The summed E-state index contributed by atoms with van der Waals surface area (Å²) >= 11 is 0. The third-order valence-electron chi connectivity index (χ3n) is 3.90. The molecule has 1 aromatic heterocycles. The van der Waals surface area contributed by atoms with Gasteiger partial charge in [-0.1, -0.05) is 0 Å². The highest BCUT2D eigenvalue weighted by molar-refractivity contribution is 5.94. The predicted octanol–water partition coefficient (Wildman–Crippen LogP) is 2.22. The van der Waals surface area contributed by atoms with Gasteiger partial charge in [0, 0.05) is 19.0 Å². The zero-order valence-electron chi connectivity index (χ0n) is 14.2. The zero-order chi connectivity index (χ0) is 18.5. The highest BCUT2D eigenvalue weighted by atomic mass is 19.1. The maximum absolute atomic E-state index is 12.9. The quantitative estimate of drug-likeness (QED) is 0.615. The number of hydrogen-bond donors (Lipinski definition) is 0. The Hall–Kier alpha value is -3.03. The van der Waals surface area contributed by atoms with Crippen molar-refractivity contribution < 1.29 is 23.5 Å². The lowest BCUT2D eigenvalue weighted by atomic mass is 10.1. The number of ether oxygens (including phenoxy) is 2. The van der Waals surface area contributed by atoms with E-state index in [0.29, 0.717) is 24.4 Å². The van der Waals surface area contributed by atoms with E-state index in [9.17, 15) is 14.0 Å². The van der Waals surface area contributed by atoms with Crippen LogP contribution < -0.4 is 9.47 Å². The Kier molecular flexibility index (Phi) is 5.40. The molecule has 0 spiro atoms. The summed E-state index contributed by atoms with van der Waals surface area (Å²) in [6, 6.07) is 6.50. The molecule has 0 N–H and O–H groups in total. The van der Waals surface area contributed by atoms with Gasteiger partial charge in [-0.05, 0) is 37.1 Å². The molecule has 1 unspecified atom stereocenters. The topological polar surface area (TPSA) is 81.6 Å². The molecule has 3 rings (SSSR count). The van der Waals surface area contributed by atoms with Crippen LogP contribution in [0, 0.1) is 5.82 Å². The number of likely N-dealkylation sites (tertiary alicyclic amines) is 1. The van der Waals surface area contributed by atoms with Gasteiger partial charge in [-0.25, -0.2) is 14.4 Å². The molecule has 1 aromatic carbocycles. The maximum atomic E-state index is 12.9. The second-order valence-corrected chi connectivity index (χ2v) is 5.94. The molecule has 2 aromatic rings. The number of aromatic nitrogens is 2. The van der Waals surface area contributed by atoms with E-state index in [0.717, 1.165) is 25.2 Å². The van der Waals surface area contributed by atoms with Crippen LogP contribution in [-0.4, -0.2) is 45.9 Å². The lowest BCUT2D eigenvalue weighted by Gasteiger charge is -2.32. The molecule has 0 aliphatic carbocycles. The molecular formula is C18H18FN3O4. The van der Waals surface area contributed by atoms with Gasteiger partial charge in [-0.2, -0.15) is 0 Å². The van der Waals surface area contributed by atoms with Crippen molar-refractivity contribution in [3.05, 3.63) is 48.0 Å². The first kappa shape index (κ1) is 17.8. The number of benzene rings is 1. The standard InChI is InChI=1S/C18H18FN3O4/c1-12(23)25-15-6-4-13(5-7-15)17(24)22-8-2-3-16(11-22)26-18-20-9-14(19)10-21-18/h4-7,9-10,16H,2-3,8,11H2,1H3. The molecular weight excluding hydrogens is 341 g/mol. The van der Waals surface area contributed by atoms with Crippen LogP contribution in [0.5, 0.6) is 11.8 Å². The number of piperidine rings is 1. The van der Waals surface area contributed by atoms with E-state index in [4.69, 9.17) is 9.47 Å². The Labute approximate surface area is 149 Å². The van der Waals surface area contributed by atoms with Crippen LogP contribution in [0.4, 0.5) is 4.39 Å². The number of nitrogens with zero attached hydrogens (tertiary/aromatic N) is 3. The van der Waals surface area contributed by atoms with E-state index in [2.05, 4.69) is 9.97 Å². The molecule has 7 nitrogen and oxygen atoms in total. The molecule has 136 valence electrons. The van der Waals surface area contributed by atoms with Gasteiger partial charge in [0.25, 0.3) is 5.91 Å². The maximum Gasteiger partial charge on any atom is 0.316 e. The first-order valence-corrected chi connectivity index (χ1v) is 8.23. The van der Waals surface area contributed by atoms with Gasteiger partial charge in [-0.15, -0.1) is 0 Å². The van der Waals surface area contributed by atoms with Gasteiger partial charge in [0.1, 0.15) is 11.9 Å². The predicted molar refractivity (Wildman–Crippen MR) is 89.3 cm³/mol. The molecule has 1 fully saturated rings. The van der Waals surface area contributed by atoms with Crippen LogP contribution in [0.1, 0.15) is 30.1 Å². The van der Waals surface area contributed by atoms with Crippen LogP contribution in [0.2, 0.25) is 0 Å². The SMILES string of the molecule is CC(=O)Oc1ccc(C(=O)N2CCCC(Oc3ncc(F)cn3)C2)cc1. The molecule has 1 saturated heterocycles. The zero-order valence-corrected chi connectivity index (χ0v) is 14.2. The van der Waals surface area contributed by atoms with Gasteiger partial charge < -0.3 is 14.4 Å². The minimum absolute atomic E-state index is 0.0939. The largest absolute Gasteiger partial charge is 0.458 e. The Bertz CT molecular complexity index is 780. The van der Waals surface area contributed by atoms with Crippen molar-refractivity contribution in [2.75, 3.05) is 13.1 Å². The van der Waals surface area contributed by atoms with Gasteiger partial charge in [0.05, 0.1) is 18.9 Å². The van der Waals surface area contributed by atoms with Gasteiger partial charge in [0.2, 0.25) is 0 Å². The number of halogens is 1. The van der Waals surface area contributed by atoms with Crippen molar-refractivity contribution in [2.24, 2.45) is 0 Å². The van der Waals surface area contributed by atoms with E-state index in [1.165, 1.54) is 6.92 Å². The highest BCUT2D eigenvalue weighted by Gasteiger charge is 2.26. The minimum atomic E-state index is -0.532. The fourth-order valence-electron chi connectivity index (χ4n) is 2.74. The molecule has 0 bridgehead atoms. The molecule has 1 aliphatic heterocycles. The van der Waals surface area contributed by atoms with Crippen molar-refractivity contribution in [3.8, 4) is 11.8 Å². The summed E-state index contributed by atoms with van der Waals surface area (Å²) in [5, 5.41) is 0. The van der Waals surface area contributed by atoms with E-state index in [-0.39, 0.29) is 18.0 Å². The third kappa shape index (κ3) is 4.53. The van der Waals surface area contributed by atoms with Crippen molar-refractivity contribution in [1.82, 2.24) is 14.9 Å². The van der Waals surface area contributed by atoms with Gasteiger partial charge in [-0.3, -0.25) is 9.59 Å². The van der Waals surface area contributed by atoms with Crippen molar-refractivity contribution in [2.45, 2.75) is 25.9 Å². The highest BCUT2D eigenvalue weighted by Crippen LogP contribution is 2.19. The van der Waals surface area contributed by atoms with Gasteiger partial charge in [0.15, 0.2) is 5.82 Å². The first-order valence-electron chi connectivity index (χ1n) is 8.23. The third-order valence-corrected chi connectivity index (χ3v) is 3.90. The number of rotatable bonds is 4. The second-order valence-electron chi connectivity index (χ2n) is 5.94. The summed E-state index contributed by atoms with van der Waals surface area (Å²) in [5.41, 5.74) is 0.500. The average molecular weight is 359 g/mol. The number of amides is 1. The second kappa shape index (κ2) is 7.90. The van der Waals surface area contributed by atoms with Crippen molar-refractivity contribution in [1.29, 1.82) is 0 Å². The lowest BCUT2D eigenvalue weighted by molar-refractivity contribution is -0.131. The summed E-state index contributed by atoms with van der Waals surface area (Å²) in [6.07, 6.45) is 3.37. The Morgan fingerprint density at radius 2 is 1.88 bits per heavy atom. The Morgan fingerprint density at radius 3 is 2.54 bits per heavy atom. The number of esters is 1. The van der Waals surface area contributed by atoms with Crippen molar-refractivity contribution >= 4 is 11.9 Å². The summed E-state index contributed by atoms with van der Waals surface area (Å²) in [5.74, 6) is -0.687. The molecule has 1 atom stereocenters. The summed E-state index contributed by atoms with van der Waals surface area (Å²) in [7, 11) is 0. The molecule has 8 heteroatoms. The number of carbonyl (C=O) groups excluding carboxylic acids is 2. The first-order chi connectivity index (χ1) is 12.5. The fraction of sp³-hybridized carbons (Fsp3) is 0.333. The summed E-state index contributed by atoms with van der Waals surface area (Å²) in [6.45, 7) is 2.33. The van der Waals surface area contributed by atoms with E-state index < -0.39 is 11.8 Å². The van der Waals surface area contributed by atoms with Crippen LogP contribution >= 0.6 is 0 Å². The van der Waals surface area contributed by atoms with Crippen molar-refractivity contribution in [3.63, 3.8) is 0 Å². The van der Waals surface area contributed by atoms with E-state index >= 15 is 0 Å². The fourth-order valence-corrected chi connectivity index (χ4v) is 2.74. The Balaban J connectivity index is 1.62. The van der Waals surface area contributed by atoms with Crippen LogP contribution in [0.25, 0.3) is 0 Å². The molecule has 26 heavy (non-hydrogen) atoms. The van der Waals surface area contributed by atoms with Crippen LogP contribution in [0.15, 0.2) is 36.7 Å².